The first-order valence-electron chi connectivity index (χ1n) is 12.9. The maximum Gasteiger partial charge on any atom is 0.394 e. The van der Waals surface area contributed by atoms with E-state index in [0.29, 0.717) is 11.2 Å². The van der Waals surface area contributed by atoms with Crippen LogP contribution in [0.2, 0.25) is 0 Å². The topological polar surface area (TPSA) is 259 Å². The summed E-state index contributed by atoms with van der Waals surface area (Å²) in [6.07, 6.45) is 5.59. The first-order chi connectivity index (χ1) is 21.3. The quantitative estimate of drug-likeness (QED) is 0.0598. The monoisotopic (exact) mass is 687 g/mol. The van der Waals surface area contributed by atoms with Gasteiger partial charge < -0.3 is 30.4 Å². The molecule has 0 saturated carbocycles. The minimum absolute atomic E-state index is 0.0435. The molecule has 5 heterocycles. The standard InChI is InChI=1S/C23H24FN9O5S2.H2O4S/c1-2-3-6-32-11-26-18-13(32)5-4-7-31(18)8-12-9-39-21-15(20(35)33(21)16(12)22(36)37)27-19(34)14(29-38-10-24)17-28-23(25)40-30-17;1-5(2,3)4/h4-5,7,11,15,21H,2-3,6,8-10H2,1H3,(H3-,25,27,28,30,34,36,37);(H2,1,2,3,4)/b29-14+;. The zero-order valence-electron chi connectivity index (χ0n) is 23.3. The molecule has 0 bridgehead atoms. The Kier molecular flexibility index (Phi) is 10.6. The molecule has 0 spiro atoms. The number of aromatic nitrogens is 5. The predicted molar refractivity (Wildman–Crippen MR) is 154 cm³/mol. The van der Waals surface area contributed by atoms with Crippen molar-refractivity contribution in [1.29, 1.82) is 0 Å². The molecule has 5 rings (SSSR count). The minimum atomic E-state index is -4.67. The van der Waals surface area contributed by atoms with E-state index in [1.165, 1.54) is 11.8 Å². The molecular weight excluding hydrogens is 662 g/mol. The van der Waals surface area contributed by atoms with E-state index in [9.17, 15) is 23.9 Å². The second-order valence-electron chi connectivity index (χ2n) is 9.32. The lowest BCUT2D eigenvalue weighted by Crippen LogP contribution is -2.71. The molecule has 2 unspecified atom stereocenters. The number of nitrogens with one attached hydrogen (secondary N) is 1. The summed E-state index contributed by atoms with van der Waals surface area (Å²) >= 11 is 2.08. The highest BCUT2D eigenvalue weighted by atomic mass is 32.3. The van der Waals surface area contributed by atoms with Gasteiger partial charge in [-0.3, -0.25) is 23.6 Å². The molecule has 45 heavy (non-hydrogen) atoms. The van der Waals surface area contributed by atoms with Gasteiger partial charge in [0.25, 0.3) is 18.7 Å². The summed E-state index contributed by atoms with van der Waals surface area (Å²) in [5, 5.41) is 17.5. The van der Waals surface area contributed by atoms with Gasteiger partial charge >= 0.3 is 16.0 Å². The maximum atomic E-state index is 13.1. The lowest BCUT2D eigenvalue weighted by Gasteiger charge is -2.50. The van der Waals surface area contributed by atoms with Gasteiger partial charge in [0.1, 0.15) is 23.5 Å². The van der Waals surface area contributed by atoms with Crippen LogP contribution in [0.3, 0.4) is 0 Å². The van der Waals surface area contributed by atoms with Gasteiger partial charge in [-0.2, -0.15) is 17.8 Å². The number of imidazole rings is 1. The van der Waals surface area contributed by atoms with E-state index in [0.717, 1.165) is 41.3 Å². The number of aryl methyl sites for hydroxylation is 1. The van der Waals surface area contributed by atoms with Crippen molar-refractivity contribution >= 4 is 73.5 Å². The zero-order chi connectivity index (χ0) is 32.9. The third kappa shape index (κ3) is 7.89. The summed E-state index contributed by atoms with van der Waals surface area (Å²) in [4.78, 5) is 52.1. The highest BCUT2D eigenvalue weighted by Gasteiger charge is 2.53. The number of unbranched alkanes of at least 4 members (excludes halogenated alkanes) is 1. The molecule has 0 radical (unpaired) electrons. The highest BCUT2D eigenvalue weighted by molar-refractivity contribution is 8.00. The number of nitrogens with zero attached hydrogens (tertiary/aromatic N) is 7. The first kappa shape index (κ1) is 33.6. The molecule has 22 heteroatoms. The summed E-state index contributed by atoms with van der Waals surface area (Å²) < 4.78 is 51.9. The van der Waals surface area contributed by atoms with E-state index in [-0.39, 0.29) is 29.0 Å². The van der Waals surface area contributed by atoms with Crippen molar-refractivity contribution in [1.82, 2.24) is 29.1 Å². The summed E-state index contributed by atoms with van der Waals surface area (Å²) in [5.41, 5.74) is 6.93. The SMILES string of the molecule is CCCCn1cnc2c1ccc[n+]2CC1=C(C(=O)[O-])N2C(=O)C(NC(=O)/C(=N/OCF)c3nsc(N)n3)C2SC1.O=S(=O)(O)O. The lowest BCUT2D eigenvalue weighted by molar-refractivity contribution is -0.664. The Balaban J connectivity index is 0.000000854. The number of carboxylic acid groups (broad SMARTS) is 1. The smallest absolute Gasteiger partial charge is 0.394 e. The molecule has 0 aliphatic carbocycles. The van der Waals surface area contributed by atoms with Crippen LogP contribution in [0.5, 0.6) is 0 Å². The number of hydrogen-bond acceptors (Lipinski definition) is 14. The Morgan fingerprint density at radius 3 is 2.73 bits per heavy atom. The third-order valence-electron chi connectivity index (χ3n) is 6.36. The number of thioether (sulfide) groups is 1. The van der Waals surface area contributed by atoms with Gasteiger partial charge in [0.2, 0.25) is 17.9 Å². The van der Waals surface area contributed by atoms with Crippen molar-refractivity contribution in [3.63, 3.8) is 0 Å². The van der Waals surface area contributed by atoms with Crippen LogP contribution < -0.4 is 20.7 Å². The average Bonchev–Trinajstić information content (AvgIpc) is 3.60. The number of carbonyl (C=O) groups excluding carboxylic acids is 3. The van der Waals surface area contributed by atoms with E-state index in [1.54, 1.807) is 12.5 Å². The number of nitrogen functional groups attached to an aromatic ring is 1. The second-order valence-corrected chi connectivity index (χ2v) is 12.1. The van der Waals surface area contributed by atoms with Crippen molar-refractivity contribution < 1.29 is 50.8 Å². The molecule has 1 fully saturated rings. The third-order valence-corrected chi connectivity index (χ3v) is 8.25. The summed E-state index contributed by atoms with van der Waals surface area (Å²) in [5.74, 6) is -2.99. The average molecular weight is 688 g/mol. The van der Waals surface area contributed by atoms with Crippen LogP contribution in [0.4, 0.5) is 9.52 Å². The number of aliphatic carboxylic acids is 1. The number of pyridine rings is 1. The molecular formula is C23H26FN9O9S3. The molecule has 18 nitrogen and oxygen atoms in total. The number of carbonyl (C=O) groups is 3. The van der Waals surface area contributed by atoms with Gasteiger partial charge in [-0.25, -0.2) is 8.96 Å². The van der Waals surface area contributed by atoms with Crippen LogP contribution in [0, 0.1) is 0 Å². The molecule has 1 saturated heterocycles. The molecule has 2 aliphatic rings. The fourth-order valence-corrected chi connectivity index (χ4v) is 6.30. The van der Waals surface area contributed by atoms with Gasteiger partial charge in [-0.15, -0.1) is 11.8 Å². The molecule has 2 aliphatic heterocycles. The van der Waals surface area contributed by atoms with E-state index in [2.05, 4.69) is 36.6 Å². The van der Waals surface area contributed by atoms with Crippen molar-refractivity contribution in [3.8, 4) is 0 Å². The van der Waals surface area contributed by atoms with E-state index >= 15 is 0 Å². The Morgan fingerprint density at radius 1 is 1.38 bits per heavy atom. The number of rotatable bonds is 11. The Hall–Kier alpha value is -4.25. The Labute approximate surface area is 262 Å². The molecule has 242 valence electrons. The number of β-lactam (4-membered cyclic amide) rings is 1. The van der Waals surface area contributed by atoms with Crippen LogP contribution in [-0.2, 0) is 42.7 Å². The number of fused-ring (bicyclic) bond motifs is 2. The van der Waals surface area contributed by atoms with Gasteiger partial charge in [0.05, 0.1) is 17.9 Å². The van der Waals surface area contributed by atoms with Crippen molar-refractivity contribution in [3.05, 3.63) is 41.8 Å². The van der Waals surface area contributed by atoms with Crippen LogP contribution in [0.25, 0.3) is 11.2 Å². The van der Waals surface area contributed by atoms with E-state index < -0.39 is 52.2 Å². The molecule has 0 aromatic carbocycles. The Morgan fingerprint density at radius 2 is 2.11 bits per heavy atom. The highest BCUT2D eigenvalue weighted by Crippen LogP contribution is 2.40. The molecule has 3 aromatic heterocycles. The summed E-state index contributed by atoms with van der Waals surface area (Å²) in [6, 6.07) is 2.73. The van der Waals surface area contributed by atoms with Crippen molar-refractivity contribution in [2.24, 2.45) is 5.16 Å². The van der Waals surface area contributed by atoms with E-state index in [4.69, 9.17) is 23.3 Å². The van der Waals surface area contributed by atoms with Gasteiger partial charge in [0, 0.05) is 29.4 Å². The largest absolute Gasteiger partial charge is 0.543 e. The number of anilines is 1. The number of amides is 2. The summed E-state index contributed by atoms with van der Waals surface area (Å²) in [6.45, 7) is 1.80. The minimum Gasteiger partial charge on any atom is -0.543 e. The number of hydrogen-bond donors (Lipinski definition) is 4. The van der Waals surface area contributed by atoms with Gasteiger partial charge in [-0.1, -0.05) is 18.5 Å². The lowest BCUT2D eigenvalue weighted by atomic mass is 10.0. The van der Waals surface area contributed by atoms with Crippen LogP contribution in [0.15, 0.2) is 41.1 Å². The zero-order valence-corrected chi connectivity index (χ0v) is 25.7. The number of alkyl halides is 1. The van der Waals surface area contributed by atoms with Gasteiger partial charge in [-0.05, 0) is 23.5 Å². The van der Waals surface area contributed by atoms with Crippen LogP contribution in [0.1, 0.15) is 25.6 Å². The first-order valence-corrected chi connectivity index (χ1v) is 16.1. The molecule has 3 aromatic rings. The molecule has 2 atom stereocenters. The predicted octanol–water partition coefficient (Wildman–Crippen LogP) is -1.34. The number of oxime groups is 1. The number of halogens is 1. The van der Waals surface area contributed by atoms with E-state index in [1.807, 2.05) is 21.3 Å². The fourth-order valence-electron chi connectivity index (χ4n) is 4.53. The normalized spacial score (nSPS) is 18.2. The van der Waals surface area contributed by atoms with Gasteiger partial charge in [0.15, 0.2) is 5.13 Å². The van der Waals surface area contributed by atoms with Crippen LogP contribution >= 0.6 is 23.3 Å². The number of nitrogens with two attached hydrogens (primary N) is 1. The van der Waals surface area contributed by atoms with Crippen molar-refractivity contribution in [2.75, 3.05) is 18.3 Å². The fraction of sp³-hybridized carbons (Fsp3) is 0.391. The molecule has 2 amide bonds. The molecule has 5 N–H and O–H groups in total. The van der Waals surface area contributed by atoms with Crippen molar-refractivity contribution in [2.45, 2.75) is 44.3 Å². The second kappa shape index (κ2) is 14.2. The van der Waals surface area contributed by atoms with Crippen LogP contribution in [-0.4, -0.2) is 88.9 Å². The Bertz CT molecular complexity index is 1770. The maximum absolute atomic E-state index is 13.1. The summed E-state index contributed by atoms with van der Waals surface area (Å²) in [7, 11) is -4.67. The number of carboxylic acids is 1.